The Kier molecular flexibility index (Phi) is 6.30. The molecule has 11 heteroatoms. The number of ether oxygens (including phenoxy) is 1. The molecule has 1 unspecified atom stereocenters. The van der Waals surface area contributed by atoms with E-state index in [1.165, 1.54) is 11.4 Å². The van der Waals surface area contributed by atoms with Crippen molar-refractivity contribution < 1.29 is 23.7 Å². The number of nitrogens with zero attached hydrogens (tertiary/aromatic N) is 3. The molecule has 4 atom stereocenters. The molecule has 1 aliphatic heterocycles. The van der Waals surface area contributed by atoms with Gasteiger partial charge in [0.05, 0.1) is 35.9 Å². The third-order valence-electron chi connectivity index (χ3n) is 5.29. The predicted octanol–water partition coefficient (Wildman–Crippen LogP) is 2.46. The summed E-state index contributed by atoms with van der Waals surface area (Å²) < 4.78 is 35.5. The molecule has 0 saturated carbocycles. The maximum Gasteiger partial charge on any atom is 0.169 e. The molecule has 8 nitrogen and oxygen atoms in total. The molecule has 0 radical (unpaired) electrons. The van der Waals surface area contributed by atoms with Crippen molar-refractivity contribution in [1.82, 2.24) is 14.8 Å². The first kappa shape index (κ1) is 21.8. The number of rotatable bonds is 5. The first-order chi connectivity index (χ1) is 14.8. The number of nitrogens with two attached hydrogens (primary N) is 1. The largest absolute Gasteiger partial charge is 0.389 e. The van der Waals surface area contributed by atoms with Crippen molar-refractivity contribution in [2.45, 2.75) is 37.3 Å². The first-order valence-corrected chi connectivity index (χ1v) is 10.6. The van der Waals surface area contributed by atoms with E-state index in [9.17, 15) is 19.0 Å². The number of nitrogens with one attached hydrogen (secondary N) is 1. The van der Waals surface area contributed by atoms with Crippen LogP contribution in [-0.2, 0) is 11.8 Å². The van der Waals surface area contributed by atoms with Crippen LogP contribution in [0.1, 0.15) is 36.6 Å². The average Bonchev–Trinajstić information content (AvgIpc) is 3.31. The normalized spacial score (nSPS) is 22.8. The standard InChI is InChI=1S/C20H23F2N5O3S/c1-27-18(16-6-5-12(23)15(28)8-30-16)13(7-24-27)25-19(29)14-9-31-20(26-14)17-10(21)3-2-4-11(17)22/h2-4,7,9,12,15-16,19,25,28-29H,5-6,8,23H2,1H3/t12-,15-,16+,19?/m1/s1. The fraction of sp³-hybridized carbons (Fsp3) is 0.400. The van der Waals surface area contributed by atoms with E-state index >= 15 is 0 Å². The Bertz CT molecular complexity index is 1030. The van der Waals surface area contributed by atoms with E-state index in [2.05, 4.69) is 15.4 Å². The molecule has 1 aromatic carbocycles. The molecule has 0 amide bonds. The zero-order valence-electron chi connectivity index (χ0n) is 16.7. The van der Waals surface area contributed by atoms with Crippen molar-refractivity contribution in [3.05, 3.63) is 52.8 Å². The third-order valence-corrected chi connectivity index (χ3v) is 6.16. The summed E-state index contributed by atoms with van der Waals surface area (Å²) in [6, 6.07) is 3.23. The van der Waals surface area contributed by atoms with E-state index < -0.39 is 24.0 Å². The van der Waals surface area contributed by atoms with Gasteiger partial charge in [-0.3, -0.25) is 4.68 Å². The summed E-state index contributed by atoms with van der Waals surface area (Å²) in [4.78, 5) is 4.20. The van der Waals surface area contributed by atoms with Gasteiger partial charge in [0, 0.05) is 18.5 Å². The second-order valence-electron chi connectivity index (χ2n) is 7.42. The van der Waals surface area contributed by atoms with Crippen LogP contribution in [0.5, 0.6) is 0 Å². The van der Waals surface area contributed by atoms with Crippen molar-refractivity contribution in [3.63, 3.8) is 0 Å². The summed E-state index contributed by atoms with van der Waals surface area (Å²) in [5.74, 6) is -1.44. The summed E-state index contributed by atoms with van der Waals surface area (Å²) in [6.45, 7) is 0.0999. The summed E-state index contributed by atoms with van der Waals surface area (Å²) in [5.41, 5.74) is 7.14. The van der Waals surface area contributed by atoms with Crippen LogP contribution in [0.2, 0.25) is 0 Å². The minimum atomic E-state index is -1.23. The Morgan fingerprint density at radius 2 is 2.06 bits per heavy atom. The monoisotopic (exact) mass is 451 g/mol. The number of hydrogen-bond acceptors (Lipinski definition) is 8. The summed E-state index contributed by atoms with van der Waals surface area (Å²) in [5, 5.41) is 29.4. The lowest BCUT2D eigenvalue weighted by Gasteiger charge is -2.19. The third kappa shape index (κ3) is 4.46. The average molecular weight is 451 g/mol. The molecule has 31 heavy (non-hydrogen) atoms. The number of aryl methyl sites for hydroxylation is 1. The zero-order chi connectivity index (χ0) is 22.1. The fourth-order valence-corrected chi connectivity index (χ4v) is 4.45. The minimum absolute atomic E-state index is 0.0999. The van der Waals surface area contributed by atoms with Crippen LogP contribution in [-0.4, -0.2) is 43.7 Å². The summed E-state index contributed by atoms with van der Waals surface area (Å²) in [6.07, 6.45) is 0.351. The van der Waals surface area contributed by atoms with Crippen LogP contribution < -0.4 is 11.1 Å². The number of benzene rings is 1. The topological polar surface area (TPSA) is 118 Å². The van der Waals surface area contributed by atoms with E-state index in [1.807, 2.05) is 0 Å². The second-order valence-corrected chi connectivity index (χ2v) is 8.28. The molecule has 0 aliphatic carbocycles. The van der Waals surface area contributed by atoms with Crippen LogP contribution in [0.15, 0.2) is 29.8 Å². The molecule has 4 rings (SSSR count). The Labute approximate surface area is 181 Å². The molecule has 0 bridgehead atoms. The van der Waals surface area contributed by atoms with E-state index in [1.54, 1.807) is 17.9 Å². The Morgan fingerprint density at radius 3 is 2.81 bits per heavy atom. The van der Waals surface area contributed by atoms with E-state index in [-0.39, 0.29) is 35.0 Å². The number of aliphatic hydroxyl groups is 2. The molecular formula is C20H23F2N5O3S. The second kappa shape index (κ2) is 8.97. The van der Waals surface area contributed by atoms with Crippen LogP contribution >= 0.6 is 11.3 Å². The molecule has 166 valence electrons. The molecule has 1 aliphatic rings. The van der Waals surface area contributed by atoms with Gasteiger partial charge in [-0.15, -0.1) is 11.3 Å². The Hall–Kier alpha value is -2.44. The highest BCUT2D eigenvalue weighted by molar-refractivity contribution is 7.13. The van der Waals surface area contributed by atoms with Crippen LogP contribution in [0, 0.1) is 11.6 Å². The molecule has 1 fully saturated rings. The smallest absolute Gasteiger partial charge is 0.169 e. The van der Waals surface area contributed by atoms with Gasteiger partial charge in [-0.2, -0.15) is 5.10 Å². The van der Waals surface area contributed by atoms with Gasteiger partial charge in [-0.1, -0.05) is 6.07 Å². The van der Waals surface area contributed by atoms with Gasteiger partial charge in [0.2, 0.25) is 0 Å². The lowest BCUT2D eigenvalue weighted by Crippen LogP contribution is -2.35. The van der Waals surface area contributed by atoms with Crippen molar-refractivity contribution in [2.24, 2.45) is 12.8 Å². The maximum atomic E-state index is 14.0. The molecule has 2 aromatic heterocycles. The predicted molar refractivity (Wildman–Crippen MR) is 111 cm³/mol. The number of anilines is 1. The van der Waals surface area contributed by atoms with Crippen molar-refractivity contribution >= 4 is 17.0 Å². The van der Waals surface area contributed by atoms with Crippen molar-refractivity contribution in [2.75, 3.05) is 11.9 Å². The fourth-order valence-electron chi connectivity index (χ4n) is 3.56. The highest BCUT2D eigenvalue weighted by Crippen LogP contribution is 2.34. The highest BCUT2D eigenvalue weighted by atomic mass is 32.1. The van der Waals surface area contributed by atoms with Gasteiger partial charge in [0.1, 0.15) is 28.4 Å². The van der Waals surface area contributed by atoms with Crippen LogP contribution in [0.25, 0.3) is 10.6 Å². The SMILES string of the molecule is Cn1ncc(NC(O)c2csc(-c3c(F)cccc3F)n2)c1[C@@H]1CC[C@@H](N)[C@H](O)CO1. The van der Waals surface area contributed by atoms with Crippen molar-refractivity contribution in [3.8, 4) is 10.6 Å². The van der Waals surface area contributed by atoms with Crippen LogP contribution in [0.4, 0.5) is 14.5 Å². The van der Waals surface area contributed by atoms with E-state index in [4.69, 9.17) is 10.5 Å². The Balaban J connectivity index is 1.54. The van der Waals surface area contributed by atoms with Gasteiger partial charge in [-0.05, 0) is 25.0 Å². The van der Waals surface area contributed by atoms with Gasteiger partial charge < -0.3 is 26.0 Å². The number of halogens is 2. The van der Waals surface area contributed by atoms with Crippen molar-refractivity contribution in [1.29, 1.82) is 0 Å². The zero-order valence-corrected chi connectivity index (χ0v) is 17.5. The van der Waals surface area contributed by atoms with Gasteiger partial charge in [0.15, 0.2) is 6.23 Å². The quantitative estimate of drug-likeness (QED) is 0.440. The van der Waals surface area contributed by atoms with E-state index in [0.29, 0.717) is 24.2 Å². The maximum absolute atomic E-state index is 14.0. The molecule has 3 aromatic rings. The van der Waals surface area contributed by atoms with E-state index in [0.717, 1.165) is 23.5 Å². The minimum Gasteiger partial charge on any atom is -0.389 e. The molecule has 0 spiro atoms. The highest BCUT2D eigenvalue weighted by Gasteiger charge is 2.29. The lowest BCUT2D eigenvalue weighted by molar-refractivity contribution is -0.00237. The Morgan fingerprint density at radius 1 is 1.32 bits per heavy atom. The molecule has 5 N–H and O–H groups in total. The molecule has 1 saturated heterocycles. The molecule has 3 heterocycles. The van der Waals surface area contributed by atoms with Gasteiger partial charge in [-0.25, -0.2) is 13.8 Å². The number of thiazole rings is 1. The van der Waals surface area contributed by atoms with Crippen LogP contribution in [0.3, 0.4) is 0 Å². The summed E-state index contributed by atoms with van der Waals surface area (Å²) >= 11 is 1.03. The lowest BCUT2D eigenvalue weighted by atomic mass is 10.0. The first-order valence-electron chi connectivity index (χ1n) is 9.76. The number of aliphatic hydroxyl groups excluding tert-OH is 2. The van der Waals surface area contributed by atoms with Gasteiger partial charge >= 0.3 is 0 Å². The molecular weight excluding hydrogens is 428 g/mol. The van der Waals surface area contributed by atoms with Gasteiger partial charge in [0.25, 0.3) is 0 Å². The summed E-state index contributed by atoms with van der Waals surface area (Å²) in [7, 11) is 1.75. The number of aromatic nitrogens is 3. The number of hydrogen-bond donors (Lipinski definition) is 4.